The monoisotopic (exact) mass is 388 g/mol. The van der Waals surface area contributed by atoms with Gasteiger partial charge < -0.3 is 9.40 Å². The average molecular weight is 389 g/mol. The average Bonchev–Trinajstić information content (AvgIpc) is 3.24. The smallest absolute Gasteiger partial charge is 0.277 e. The van der Waals surface area contributed by atoms with Gasteiger partial charge in [0.2, 0.25) is 5.89 Å². The molecule has 0 amide bonds. The van der Waals surface area contributed by atoms with E-state index in [9.17, 15) is 4.79 Å². The Kier molecular flexibility index (Phi) is 3.93. The number of fused-ring (bicyclic) bond motifs is 3. The number of aromatic nitrogens is 4. The summed E-state index contributed by atoms with van der Waals surface area (Å²) in [6.45, 7) is 4.28. The van der Waals surface area contributed by atoms with Crippen molar-refractivity contribution in [1.82, 2.24) is 20.2 Å². The molecule has 2 aliphatic rings. The van der Waals surface area contributed by atoms with Gasteiger partial charge in [-0.2, -0.15) is 0 Å². The lowest BCUT2D eigenvalue weighted by Crippen LogP contribution is -2.15. The number of rotatable bonds is 4. The maximum atomic E-state index is 12.7. The third-order valence-electron chi connectivity index (χ3n) is 5.20. The van der Waals surface area contributed by atoms with Gasteiger partial charge in [-0.3, -0.25) is 4.79 Å². The maximum Gasteiger partial charge on any atom is 0.277 e. The van der Waals surface area contributed by atoms with Gasteiger partial charge in [0.15, 0.2) is 0 Å². The predicted molar refractivity (Wildman–Crippen MR) is 102 cm³/mol. The third-order valence-corrected chi connectivity index (χ3v) is 7.29. The predicted octanol–water partition coefficient (Wildman–Crippen LogP) is 4.22. The second kappa shape index (κ2) is 6.20. The molecule has 2 aliphatic carbocycles. The van der Waals surface area contributed by atoms with Crippen LogP contribution in [0.2, 0.25) is 0 Å². The number of thiophene rings is 1. The molecule has 3 aromatic rings. The Morgan fingerprint density at radius 2 is 2.15 bits per heavy atom. The normalized spacial score (nSPS) is 21.1. The molecule has 136 valence electrons. The molecule has 1 saturated carbocycles. The number of aryl methyl sites for hydroxylation is 1. The summed E-state index contributed by atoms with van der Waals surface area (Å²) in [6.07, 6.45) is 5.45. The van der Waals surface area contributed by atoms with Crippen LogP contribution in [-0.4, -0.2) is 20.2 Å². The van der Waals surface area contributed by atoms with Crippen molar-refractivity contribution in [2.45, 2.75) is 62.3 Å². The first-order chi connectivity index (χ1) is 12.6. The molecule has 8 heteroatoms. The second-order valence-electron chi connectivity index (χ2n) is 7.42. The number of hydrogen-bond donors (Lipinski definition) is 1. The summed E-state index contributed by atoms with van der Waals surface area (Å²) >= 11 is 3.13. The van der Waals surface area contributed by atoms with Crippen LogP contribution in [0.3, 0.4) is 0 Å². The van der Waals surface area contributed by atoms with Gasteiger partial charge >= 0.3 is 0 Å². The maximum absolute atomic E-state index is 12.7. The van der Waals surface area contributed by atoms with Crippen molar-refractivity contribution in [3.05, 3.63) is 32.5 Å². The summed E-state index contributed by atoms with van der Waals surface area (Å²) in [7, 11) is 0. The van der Waals surface area contributed by atoms with E-state index in [4.69, 9.17) is 9.40 Å². The van der Waals surface area contributed by atoms with Crippen LogP contribution in [0.15, 0.2) is 14.4 Å². The van der Waals surface area contributed by atoms with Crippen molar-refractivity contribution in [2.75, 3.05) is 0 Å². The Balaban J connectivity index is 1.45. The van der Waals surface area contributed by atoms with Crippen molar-refractivity contribution in [1.29, 1.82) is 0 Å². The molecule has 0 aromatic carbocycles. The van der Waals surface area contributed by atoms with Crippen LogP contribution in [0.5, 0.6) is 0 Å². The fourth-order valence-corrected chi connectivity index (χ4v) is 5.67. The number of aromatic amines is 1. The third kappa shape index (κ3) is 2.89. The largest absolute Gasteiger partial charge is 0.416 e. The first kappa shape index (κ1) is 16.5. The molecule has 0 bridgehead atoms. The van der Waals surface area contributed by atoms with Crippen LogP contribution < -0.4 is 5.56 Å². The molecule has 26 heavy (non-hydrogen) atoms. The molecule has 0 aliphatic heterocycles. The first-order valence-corrected chi connectivity index (χ1v) is 10.8. The highest BCUT2D eigenvalue weighted by molar-refractivity contribution is 7.99. The van der Waals surface area contributed by atoms with Crippen molar-refractivity contribution < 1.29 is 4.42 Å². The molecular weight excluding hydrogens is 368 g/mol. The minimum atomic E-state index is -0.0577. The van der Waals surface area contributed by atoms with Crippen molar-refractivity contribution in [3.8, 4) is 0 Å². The Labute approximate surface area is 158 Å². The Morgan fingerprint density at radius 1 is 1.31 bits per heavy atom. The highest BCUT2D eigenvalue weighted by Crippen LogP contribution is 2.41. The number of thioether (sulfide) groups is 1. The van der Waals surface area contributed by atoms with E-state index in [0.29, 0.717) is 22.9 Å². The molecule has 5 rings (SSSR count). The topological polar surface area (TPSA) is 84.7 Å². The zero-order chi connectivity index (χ0) is 17.8. The van der Waals surface area contributed by atoms with Gasteiger partial charge in [-0.05, 0) is 50.5 Å². The molecule has 3 heterocycles. The highest BCUT2D eigenvalue weighted by Gasteiger charge is 2.30. The van der Waals surface area contributed by atoms with E-state index in [0.717, 1.165) is 48.2 Å². The standard InChI is InChI=1S/C18H20N4O2S2/c1-8-3-6-11-12(7-8)26-17-13(11)15(23)19-14(20-17)9(2)25-18-22-21-16(24-18)10-4-5-10/h8-10H,3-7H2,1-2H3,(H,19,20,23)/t8-,9+/m1/s1. The van der Waals surface area contributed by atoms with E-state index in [1.54, 1.807) is 11.3 Å². The Hall–Kier alpha value is -1.67. The van der Waals surface area contributed by atoms with Gasteiger partial charge in [0.25, 0.3) is 10.8 Å². The lowest BCUT2D eigenvalue weighted by Gasteiger charge is -2.17. The zero-order valence-corrected chi connectivity index (χ0v) is 16.4. The van der Waals surface area contributed by atoms with Crippen LogP contribution in [0, 0.1) is 5.92 Å². The van der Waals surface area contributed by atoms with E-state index in [1.165, 1.54) is 22.2 Å². The molecule has 0 radical (unpaired) electrons. The van der Waals surface area contributed by atoms with E-state index in [-0.39, 0.29) is 10.8 Å². The molecular formula is C18H20N4O2S2. The number of nitrogens with zero attached hydrogens (tertiary/aromatic N) is 3. The molecule has 0 saturated heterocycles. The fourth-order valence-electron chi connectivity index (χ4n) is 3.53. The summed E-state index contributed by atoms with van der Waals surface area (Å²) < 4.78 is 5.72. The van der Waals surface area contributed by atoms with Crippen molar-refractivity contribution >= 4 is 33.3 Å². The van der Waals surface area contributed by atoms with E-state index in [2.05, 4.69) is 22.1 Å². The van der Waals surface area contributed by atoms with Gasteiger partial charge in [0.1, 0.15) is 10.7 Å². The lowest BCUT2D eigenvalue weighted by atomic mass is 9.89. The van der Waals surface area contributed by atoms with Crippen molar-refractivity contribution in [2.24, 2.45) is 5.92 Å². The molecule has 3 aromatic heterocycles. The van der Waals surface area contributed by atoms with Crippen LogP contribution >= 0.6 is 23.1 Å². The zero-order valence-electron chi connectivity index (χ0n) is 14.7. The Morgan fingerprint density at radius 3 is 2.96 bits per heavy atom. The highest BCUT2D eigenvalue weighted by atomic mass is 32.2. The number of nitrogens with one attached hydrogen (secondary N) is 1. The van der Waals surface area contributed by atoms with Crippen LogP contribution in [-0.2, 0) is 12.8 Å². The minimum Gasteiger partial charge on any atom is -0.416 e. The SMILES string of the molecule is C[C@@H]1CCc2c(sc3nc([C@H](C)Sc4nnc(C5CC5)o4)[nH]c(=O)c23)C1. The molecule has 1 N–H and O–H groups in total. The van der Waals surface area contributed by atoms with E-state index >= 15 is 0 Å². The molecule has 0 unspecified atom stereocenters. The molecule has 0 spiro atoms. The molecule has 2 atom stereocenters. The van der Waals surface area contributed by atoms with Crippen molar-refractivity contribution in [3.63, 3.8) is 0 Å². The van der Waals surface area contributed by atoms with Gasteiger partial charge in [-0.15, -0.1) is 21.5 Å². The number of hydrogen-bond acceptors (Lipinski definition) is 7. The van der Waals surface area contributed by atoms with E-state index < -0.39 is 0 Å². The quantitative estimate of drug-likeness (QED) is 0.674. The summed E-state index contributed by atoms with van der Waals surface area (Å²) in [6, 6.07) is 0. The van der Waals surface area contributed by atoms with Crippen LogP contribution in [0.1, 0.15) is 66.4 Å². The number of H-pyrrole nitrogens is 1. The lowest BCUT2D eigenvalue weighted by molar-refractivity contribution is 0.413. The fraction of sp³-hybridized carbons (Fsp3) is 0.556. The molecule has 1 fully saturated rings. The summed E-state index contributed by atoms with van der Waals surface area (Å²) in [5, 5.41) is 9.52. The van der Waals surface area contributed by atoms with Gasteiger partial charge in [-0.1, -0.05) is 18.7 Å². The van der Waals surface area contributed by atoms with E-state index in [1.807, 2.05) is 6.92 Å². The first-order valence-electron chi connectivity index (χ1n) is 9.13. The summed E-state index contributed by atoms with van der Waals surface area (Å²) in [5.74, 6) is 2.53. The summed E-state index contributed by atoms with van der Waals surface area (Å²) in [4.78, 5) is 22.7. The Bertz CT molecular complexity index is 1030. The van der Waals surface area contributed by atoms with Crippen LogP contribution in [0.25, 0.3) is 10.2 Å². The van der Waals surface area contributed by atoms with Gasteiger partial charge in [0.05, 0.1) is 10.6 Å². The summed E-state index contributed by atoms with van der Waals surface area (Å²) in [5.41, 5.74) is 1.20. The second-order valence-corrected chi connectivity index (χ2v) is 9.80. The van der Waals surface area contributed by atoms with Crippen LogP contribution in [0.4, 0.5) is 0 Å². The van der Waals surface area contributed by atoms with Gasteiger partial charge in [-0.25, -0.2) is 4.98 Å². The minimum absolute atomic E-state index is 0.0197. The molecule has 6 nitrogen and oxygen atoms in total. The van der Waals surface area contributed by atoms with Gasteiger partial charge in [0, 0.05) is 10.8 Å².